The number of carbonyl (C=O) groups excluding carboxylic acids is 8. The molecule has 8 amide bonds. The van der Waals surface area contributed by atoms with E-state index in [0.717, 1.165) is 99.3 Å². The van der Waals surface area contributed by atoms with Crippen LogP contribution < -0.4 is 26.6 Å². The van der Waals surface area contributed by atoms with E-state index in [-0.39, 0.29) is 90.2 Å². The summed E-state index contributed by atoms with van der Waals surface area (Å²) in [7, 11) is 1.73. The maximum atomic E-state index is 14.6. The van der Waals surface area contributed by atoms with Crippen LogP contribution in [0.25, 0.3) is 11.1 Å². The molecule has 0 bridgehead atoms. The van der Waals surface area contributed by atoms with Crippen LogP contribution in [0.2, 0.25) is 0 Å². The van der Waals surface area contributed by atoms with Crippen molar-refractivity contribution in [2.45, 2.75) is 155 Å². The van der Waals surface area contributed by atoms with Crippen molar-refractivity contribution in [3.8, 4) is 11.1 Å². The van der Waals surface area contributed by atoms with Crippen LogP contribution in [0.15, 0.2) is 109 Å². The van der Waals surface area contributed by atoms with Gasteiger partial charge in [-0.3, -0.25) is 38.4 Å². The molecule has 2 aliphatic heterocycles. The average Bonchev–Trinajstić information content (AvgIpc) is 2.82. The van der Waals surface area contributed by atoms with Gasteiger partial charge in [-0.25, -0.2) is 0 Å². The van der Waals surface area contributed by atoms with Crippen LogP contribution in [-0.2, 0) is 41.6 Å². The molecular formula is C70H95N9O8. The second kappa shape index (κ2) is 32.0. The number of rotatable bonds is 26. The third-order valence-electron chi connectivity index (χ3n) is 19.0. The zero-order valence-electron chi connectivity index (χ0n) is 52.3. The second-order valence-corrected chi connectivity index (χ2v) is 25.3. The molecule has 468 valence electrons. The lowest BCUT2D eigenvalue weighted by atomic mass is 9.83. The smallest absolute Gasteiger partial charge is 0.251 e. The van der Waals surface area contributed by atoms with Gasteiger partial charge in [-0.2, -0.15) is 0 Å². The van der Waals surface area contributed by atoms with Gasteiger partial charge in [-0.05, 0) is 136 Å². The molecule has 17 nitrogen and oxygen atoms in total. The molecule has 87 heavy (non-hydrogen) atoms. The molecule has 4 aliphatic rings. The Bertz CT molecular complexity index is 2930. The fourth-order valence-corrected chi connectivity index (χ4v) is 13.2. The highest BCUT2D eigenvalue weighted by atomic mass is 16.2. The van der Waals surface area contributed by atoms with Crippen molar-refractivity contribution in [1.29, 1.82) is 0 Å². The van der Waals surface area contributed by atoms with E-state index in [1.165, 1.54) is 0 Å². The molecule has 0 aromatic heterocycles. The predicted octanol–water partition coefficient (Wildman–Crippen LogP) is 7.82. The van der Waals surface area contributed by atoms with Crippen LogP contribution in [0.1, 0.15) is 144 Å². The minimum Gasteiger partial charge on any atom is -0.344 e. The summed E-state index contributed by atoms with van der Waals surface area (Å²) < 4.78 is 0. The molecular weight excluding hydrogens is 1090 g/mol. The average molecular weight is 1190 g/mol. The van der Waals surface area contributed by atoms with Gasteiger partial charge < -0.3 is 46.2 Å². The first-order valence-corrected chi connectivity index (χ1v) is 32.3. The highest BCUT2D eigenvalue weighted by Crippen LogP contribution is 2.34. The summed E-state index contributed by atoms with van der Waals surface area (Å²) in [4.78, 5) is 119. The topological polar surface area (TPSA) is 210 Å². The summed E-state index contributed by atoms with van der Waals surface area (Å²) in [6, 6.07) is 31.7. The van der Waals surface area contributed by atoms with Crippen LogP contribution in [0.3, 0.4) is 0 Å². The summed E-state index contributed by atoms with van der Waals surface area (Å²) in [5, 5.41) is 15.0. The van der Waals surface area contributed by atoms with Crippen molar-refractivity contribution in [3.05, 3.63) is 131 Å². The number of carbonyl (C=O) groups is 8. The maximum Gasteiger partial charge on any atom is 0.251 e. The standard InChI is InChI=1S/C70H95N9O8/c1-47(2)65(82)74-63(55-23-15-9-16-24-55)69(86)78-41-35-48(3)59(78)45-76(39-37-51-19-11-7-12-20-51)61(80)43-72-67(84)57-31-27-53(28-32-57)54-29-33-58(34-30-54)68(85)73-44-62(81)77(40-38-52-21-13-8-14-22-52)46-60-49(4)36-42-79(60)70(87)64(56-25-17-10-18-26-56)75-66(83)50(5)71-6/h7-8,11-14,19-22,27-34,47-50,55-56,59-60,63-64,71H,9-10,15-18,23-26,35-46H2,1-6H3,(H,72,84)(H,73,85)(H,74,82)(H,75,83)/t48-,49-,50-,59?,60+,63-,64-/m0/s1. The molecule has 0 spiro atoms. The van der Waals surface area contributed by atoms with Gasteiger partial charge in [0.2, 0.25) is 35.4 Å². The number of hydrogen-bond donors (Lipinski definition) is 5. The predicted molar refractivity (Wildman–Crippen MR) is 339 cm³/mol. The first-order chi connectivity index (χ1) is 42.0. The normalized spacial score (nSPS) is 20.0. The van der Waals surface area contributed by atoms with E-state index in [1.54, 1.807) is 48.0 Å². The largest absolute Gasteiger partial charge is 0.344 e. The Morgan fingerprint density at radius 1 is 0.494 bits per heavy atom. The van der Waals surface area contributed by atoms with Gasteiger partial charge in [-0.15, -0.1) is 0 Å². The first kappa shape index (κ1) is 65.6. The van der Waals surface area contributed by atoms with Gasteiger partial charge in [0.1, 0.15) is 12.1 Å². The lowest BCUT2D eigenvalue weighted by molar-refractivity contribution is -0.141. The maximum absolute atomic E-state index is 14.6. The van der Waals surface area contributed by atoms with Gasteiger partial charge in [0, 0.05) is 56.3 Å². The van der Waals surface area contributed by atoms with E-state index in [2.05, 4.69) is 40.4 Å². The van der Waals surface area contributed by atoms with Gasteiger partial charge >= 0.3 is 0 Å². The molecule has 2 saturated carbocycles. The summed E-state index contributed by atoms with van der Waals surface area (Å²) >= 11 is 0. The van der Waals surface area contributed by atoms with E-state index >= 15 is 0 Å². The van der Waals surface area contributed by atoms with E-state index in [1.807, 2.05) is 109 Å². The molecule has 4 aromatic carbocycles. The summed E-state index contributed by atoms with van der Waals surface area (Å²) in [5.74, 6) is -1.77. The first-order valence-electron chi connectivity index (χ1n) is 32.3. The Balaban J connectivity index is 0.877. The van der Waals surface area contributed by atoms with Crippen molar-refractivity contribution in [2.75, 3.05) is 59.4 Å². The summed E-state index contributed by atoms with van der Waals surface area (Å²) in [6.45, 7) is 11.7. The Morgan fingerprint density at radius 2 is 0.874 bits per heavy atom. The Morgan fingerprint density at radius 3 is 1.24 bits per heavy atom. The highest BCUT2D eigenvalue weighted by Gasteiger charge is 2.44. The molecule has 2 aliphatic carbocycles. The van der Waals surface area contributed by atoms with Gasteiger partial charge in [-0.1, -0.05) is 151 Å². The number of benzene rings is 4. The molecule has 7 atom stereocenters. The molecule has 5 N–H and O–H groups in total. The van der Waals surface area contributed by atoms with Gasteiger partial charge in [0.25, 0.3) is 11.8 Å². The van der Waals surface area contributed by atoms with E-state index in [0.29, 0.717) is 63.2 Å². The molecule has 2 saturated heterocycles. The molecule has 4 aromatic rings. The number of likely N-dealkylation sites (tertiary alicyclic amines) is 2. The highest BCUT2D eigenvalue weighted by molar-refractivity contribution is 5.98. The Labute approximate surface area is 515 Å². The lowest BCUT2D eigenvalue weighted by Crippen LogP contribution is -2.58. The number of nitrogens with zero attached hydrogens (tertiary/aromatic N) is 4. The third-order valence-corrected chi connectivity index (χ3v) is 19.0. The molecule has 4 fully saturated rings. The van der Waals surface area contributed by atoms with Crippen LogP contribution in [-0.4, -0.2) is 156 Å². The Hall–Kier alpha value is -7.40. The summed E-state index contributed by atoms with van der Waals surface area (Å²) in [6.07, 6.45) is 12.6. The summed E-state index contributed by atoms with van der Waals surface area (Å²) in [5.41, 5.74) is 4.48. The van der Waals surface area contributed by atoms with Crippen molar-refractivity contribution < 1.29 is 38.4 Å². The number of nitrogens with one attached hydrogen (secondary N) is 5. The lowest BCUT2D eigenvalue weighted by Gasteiger charge is -2.38. The molecule has 1 unspecified atom stereocenters. The molecule has 0 radical (unpaired) electrons. The monoisotopic (exact) mass is 1190 g/mol. The molecule has 2 heterocycles. The van der Waals surface area contributed by atoms with Gasteiger partial charge in [0.15, 0.2) is 0 Å². The number of amides is 8. The molecule has 8 rings (SSSR count). The SMILES string of the molecule is CN[C@@H](C)C(=O)N[C@H](C(=O)N1CC[C@H](C)[C@H]1CN(CCc1ccccc1)C(=O)CNC(=O)c1ccc(-c2ccc(C(=O)NCC(=O)N(CCc3ccccc3)CC3[C@@H](C)CCN3C(=O)[C@@H](NC(=O)C(C)C)C3CCCCC3)cc2)cc1)C1CCCCC1. The number of hydrogen-bond acceptors (Lipinski definition) is 9. The van der Waals surface area contributed by atoms with Crippen molar-refractivity contribution >= 4 is 47.3 Å². The van der Waals surface area contributed by atoms with Crippen LogP contribution in [0, 0.1) is 29.6 Å². The second-order valence-electron chi connectivity index (χ2n) is 25.3. The van der Waals surface area contributed by atoms with E-state index < -0.39 is 29.9 Å². The van der Waals surface area contributed by atoms with Crippen LogP contribution >= 0.6 is 0 Å². The minimum absolute atomic E-state index is 0.0401. The van der Waals surface area contributed by atoms with Crippen molar-refractivity contribution in [2.24, 2.45) is 29.6 Å². The number of likely N-dealkylation sites (N-methyl/N-ethyl adjacent to an activating group) is 1. The zero-order chi connectivity index (χ0) is 62.0. The van der Waals surface area contributed by atoms with E-state index in [9.17, 15) is 38.4 Å². The van der Waals surface area contributed by atoms with Crippen LogP contribution in [0.5, 0.6) is 0 Å². The third kappa shape index (κ3) is 17.9. The van der Waals surface area contributed by atoms with E-state index in [4.69, 9.17) is 0 Å². The zero-order valence-corrected chi connectivity index (χ0v) is 52.3. The fourth-order valence-electron chi connectivity index (χ4n) is 13.2. The Kier molecular flexibility index (Phi) is 24.1. The minimum atomic E-state index is -0.646. The molecule has 17 heteroatoms. The fraction of sp³-hybridized carbons (Fsp3) is 0.543. The van der Waals surface area contributed by atoms with Crippen molar-refractivity contribution in [3.63, 3.8) is 0 Å². The quantitative estimate of drug-likeness (QED) is 0.0415. The van der Waals surface area contributed by atoms with Crippen molar-refractivity contribution in [1.82, 2.24) is 46.2 Å². The van der Waals surface area contributed by atoms with Gasteiger partial charge in [0.05, 0.1) is 31.2 Å². The van der Waals surface area contributed by atoms with Crippen LogP contribution in [0.4, 0.5) is 0 Å².